The van der Waals surface area contributed by atoms with E-state index < -0.39 is 9.84 Å². The maximum absolute atomic E-state index is 11.2. The predicted octanol–water partition coefficient (Wildman–Crippen LogP) is 1.86. The Morgan fingerprint density at radius 3 is 2.27 bits per heavy atom. The van der Waals surface area contributed by atoms with E-state index in [4.69, 9.17) is 5.11 Å². The van der Waals surface area contributed by atoms with Crippen LogP contribution in [0.25, 0.3) is 0 Å². The zero-order chi connectivity index (χ0) is 11.9. The Balaban J connectivity index is 3.82. The van der Waals surface area contributed by atoms with Gasteiger partial charge in [-0.1, -0.05) is 20.8 Å². The summed E-state index contributed by atoms with van der Waals surface area (Å²) in [5.41, 5.74) is 0. The van der Waals surface area contributed by atoms with Gasteiger partial charge in [0.25, 0.3) is 0 Å². The van der Waals surface area contributed by atoms with E-state index in [-0.39, 0.29) is 24.0 Å². The normalized spacial score (nSPS) is 14.5. The fourth-order valence-corrected chi connectivity index (χ4v) is 2.58. The molecule has 0 amide bonds. The molecule has 1 unspecified atom stereocenters. The molecule has 0 bridgehead atoms. The first-order valence-electron chi connectivity index (χ1n) is 5.72. The van der Waals surface area contributed by atoms with Gasteiger partial charge >= 0.3 is 0 Å². The molecule has 0 saturated heterocycles. The molecule has 4 heteroatoms. The van der Waals surface area contributed by atoms with Crippen LogP contribution in [-0.4, -0.2) is 31.6 Å². The lowest BCUT2D eigenvalue weighted by atomic mass is 9.94. The van der Waals surface area contributed by atoms with Gasteiger partial charge in [0.1, 0.15) is 9.84 Å². The Morgan fingerprint density at radius 1 is 1.27 bits per heavy atom. The van der Waals surface area contributed by atoms with Crippen molar-refractivity contribution in [1.82, 2.24) is 0 Å². The number of hydrogen-bond donors (Lipinski definition) is 1. The van der Waals surface area contributed by atoms with E-state index in [2.05, 4.69) is 13.8 Å². The minimum Gasteiger partial charge on any atom is -0.396 e. The molecule has 1 atom stereocenters. The van der Waals surface area contributed by atoms with Gasteiger partial charge in [0.05, 0.1) is 5.75 Å². The molecule has 0 aromatic carbocycles. The van der Waals surface area contributed by atoms with Crippen LogP contribution in [0.3, 0.4) is 0 Å². The fraction of sp³-hybridized carbons (Fsp3) is 1.00. The van der Waals surface area contributed by atoms with Crippen LogP contribution in [0, 0.1) is 11.8 Å². The van der Waals surface area contributed by atoms with E-state index in [1.807, 2.05) is 0 Å². The van der Waals surface area contributed by atoms with Gasteiger partial charge in [-0.15, -0.1) is 0 Å². The lowest BCUT2D eigenvalue weighted by molar-refractivity contribution is 0.197. The van der Waals surface area contributed by atoms with E-state index in [1.165, 1.54) is 0 Å². The van der Waals surface area contributed by atoms with Crippen LogP contribution in [0.4, 0.5) is 0 Å². The first-order valence-corrected chi connectivity index (χ1v) is 7.54. The van der Waals surface area contributed by atoms with Crippen LogP contribution in [0.5, 0.6) is 0 Å². The smallest absolute Gasteiger partial charge is 0.150 e. The summed E-state index contributed by atoms with van der Waals surface area (Å²) >= 11 is 0. The fourth-order valence-electron chi connectivity index (χ4n) is 1.69. The van der Waals surface area contributed by atoms with E-state index in [9.17, 15) is 8.42 Å². The van der Waals surface area contributed by atoms with E-state index in [0.29, 0.717) is 12.3 Å². The molecule has 0 fully saturated rings. The number of aliphatic hydroxyl groups is 1. The second kappa shape index (κ2) is 7.23. The first-order chi connectivity index (χ1) is 6.91. The van der Waals surface area contributed by atoms with Crippen LogP contribution < -0.4 is 0 Å². The summed E-state index contributed by atoms with van der Waals surface area (Å²) in [6.45, 7) is 6.08. The van der Waals surface area contributed by atoms with Gasteiger partial charge in [-0.05, 0) is 31.1 Å². The van der Waals surface area contributed by atoms with Gasteiger partial charge < -0.3 is 5.11 Å². The van der Waals surface area contributed by atoms with Crippen molar-refractivity contribution in [2.75, 3.05) is 18.1 Å². The Hall–Kier alpha value is -0.0900. The third-order valence-electron chi connectivity index (χ3n) is 2.57. The van der Waals surface area contributed by atoms with E-state index in [1.54, 1.807) is 6.92 Å². The topological polar surface area (TPSA) is 54.4 Å². The largest absolute Gasteiger partial charge is 0.396 e. The van der Waals surface area contributed by atoms with Crippen molar-refractivity contribution in [3.63, 3.8) is 0 Å². The Morgan fingerprint density at radius 2 is 1.87 bits per heavy atom. The Bertz CT molecular complexity index is 245. The summed E-state index contributed by atoms with van der Waals surface area (Å²) < 4.78 is 22.5. The maximum atomic E-state index is 11.2. The summed E-state index contributed by atoms with van der Waals surface area (Å²) in [5.74, 6) is 1.31. The number of sulfone groups is 1. The summed E-state index contributed by atoms with van der Waals surface area (Å²) in [6.07, 6.45) is 2.46. The summed E-state index contributed by atoms with van der Waals surface area (Å²) in [7, 11) is -2.83. The van der Waals surface area contributed by atoms with Crippen molar-refractivity contribution in [3.05, 3.63) is 0 Å². The third kappa shape index (κ3) is 7.79. The van der Waals surface area contributed by atoms with Gasteiger partial charge in [0.15, 0.2) is 0 Å². The molecule has 0 aliphatic carbocycles. The van der Waals surface area contributed by atoms with Crippen molar-refractivity contribution < 1.29 is 13.5 Å². The van der Waals surface area contributed by atoms with E-state index in [0.717, 1.165) is 12.8 Å². The molecule has 0 aromatic rings. The standard InChI is InChI=1S/C11H24O3S/c1-4-15(13,14)7-5-6-11(9-12)8-10(2)3/h10-12H,4-9H2,1-3H3. The molecular weight excluding hydrogens is 212 g/mol. The highest BCUT2D eigenvalue weighted by Gasteiger charge is 2.12. The number of hydrogen-bond acceptors (Lipinski definition) is 3. The summed E-state index contributed by atoms with van der Waals surface area (Å²) in [5, 5.41) is 9.11. The van der Waals surface area contributed by atoms with Gasteiger partial charge in [-0.2, -0.15) is 0 Å². The van der Waals surface area contributed by atoms with Crippen molar-refractivity contribution in [2.24, 2.45) is 11.8 Å². The maximum Gasteiger partial charge on any atom is 0.150 e. The average molecular weight is 236 g/mol. The van der Waals surface area contributed by atoms with Gasteiger partial charge in [-0.25, -0.2) is 8.42 Å². The van der Waals surface area contributed by atoms with Gasteiger partial charge in [0, 0.05) is 12.4 Å². The highest BCUT2D eigenvalue weighted by atomic mass is 32.2. The average Bonchev–Trinajstić information content (AvgIpc) is 2.15. The third-order valence-corrected chi connectivity index (χ3v) is 4.36. The molecule has 0 aromatic heterocycles. The monoisotopic (exact) mass is 236 g/mol. The number of aliphatic hydroxyl groups excluding tert-OH is 1. The van der Waals surface area contributed by atoms with Crippen molar-refractivity contribution >= 4 is 9.84 Å². The lowest BCUT2D eigenvalue weighted by Gasteiger charge is -2.15. The van der Waals surface area contributed by atoms with Crippen LogP contribution in [0.2, 0.25) is 0 Å². The van der Waals surface area contributed by atoms with Gasteiger partial charge in [-0.3, -0.25) is 0 Å². The summed E-state index contributed by atoms with van der Waals surface area (Å²) in [6, 6.07) is 0. The van der Waals surface area contributed by atoms with Crippen molar-refractivity contribution in [1.29, 1.82) is 0 Å². The Labute approximate surface area is 93.8 Å². The molecule has 0 saturated carbocycles. The number of rotatable bonds is 8. The highest BCUT2D eigenvalue weighted by Crippen LogP contribution is 2.17. The van der Waals surface area contributed by atoms with Crippen molar-refractivity contribution in [2.45, 2.75) is 40.0 Å². The highest BCUT2D eigenvalue weighted by molar-refractivity contribution is 7.91. The lowest BCUT2D eigenvalue weighted by Crippen LogP contribution is -2.13. The molecule has 3 nitrogen and oxygen atoms in total. The molecule has 1 N–H and O–H groups in total. The first kappa shape index (κ1) is 14.9. The minimum atomic E-state index is -2.83. The van der Waals surface area contributed by atoms with Crippen LogP contribution >= 0.6 is 0 Å². The van der Waals surface area contributed by atoms with Crippen LogP contribution in [-0.2, 0) is 9.84 Å². The quantitative estimate of drug-likeness (QED) is 0.700. The predicted molar refractivity (Wildman–Crippen MR) is 63.6 cm³/mol. The van der Waals surface area contributed by atoms with Crippen molar-refractivity contribution in [3.8, 4) is 0 Å². The molecule has 0 spiro atoms. The van der Waals surface area contributed by atoms with E-state index >= 15 is 0 Å². The zero-order valence-electron chi connectivity index (χ0n) is 10.1. The SMILES string of the molecule is CCS(=O)(=O)CCCC(CO)CC(C)C. The van der Waals surface area contributed by atoms with Crippen LogP contribution in [0.15, 0.2) is 0 Å². The molecule has 0 radical (unpaired) electrons. The second-order valence-corrected chi connectivity index (χ2v) is 7.03. The summed E-state index contributed by atoms with van der Waals surface area (Å²) in [4.78, 5) is 0. The molecule has 15 heavy (non-hydrogen) atoms. The van der Waals surface area contributed by atoms with Crippen LogP contribution in [0.1, 0.15) is 40.0 Å². The minimum absolute atomic E-state index is 0.171. The zero-order valence-corrected chi connectivity index (χ0v) is 10.9. The molecule has 0 heterocycles. The molecular formula is C11H24O3S. The Kier molecular flexibility index (Phi) is 7.18. The molecule has 0 aliphatic heterocycles. The second-order valence-electron chi connectivity index (χ2n) is 4.56. The molecule has 0 rings (SSSR count). The van der Waals surface area contributed by atoms with Gasteiger partial charge in [0.2, 0.25) is 0 Å². The molecule has 92 valence electrons. The molecule has 0 aliphatic rings.